The van der Waals surface area contributed by atoms with E-state index in [4.69, 9.17) is 0 Å². The van der Waals surface area contributed by atoms with Crippen LogP contribution < -0.4 is 5.32 Å². The van der Waals surface area contributed by atoms with Crippen LogP contribution in [0.1, 0.15) is 65.0 Å². The molecule has 0 saturated carbocycles. The van der Waals surface area contributed by atoms with Gasteiger partial charge in [0, 0.05) is 17.6 Å². The zero-order valence-electron chi connectivity index (χ0n) is 12.7. The van der Waals surface area contributed by atoms with Gasteiger partial charge in [-0.2, -0.15) is 0 Å². The summed E-state index contributed by atoms with van der Waals surface area (Å²) in [5.74, 6) is 0.664. The van der Waals surface area contributed by atoms with Gasteiger partial charge in [0.2, 0.25) is 0 Å². The van der Waals surface area contributed by atoms with Crippen LogP contribution in [0.3, 0.4) is 0 Å². The van der Waals surface area contributed by atoms with Crippen molar-refractivity contribution >= 4 is 0 Å². The van der Waals surface area contributed by atoms with Crippen LogP contribution in [0.5, 0.6) is 0 Å². The second-order valence-electron chi connectivity index (χ2n) is 5.87. The second-order valence-corrected chi connectivity index (χ2v) is 5.87. The Labute approximate surface area is 117 Å². The highest BCUT2D eigenvalue weighted by Gasteiger charge is 2.15. The van der Waals surface area contributed by atoms with Gasteiger partial charge in [-0.1, -0.05) is 51.8 Å². The molecule has 2 unspecified atom stereocenters. The summed E-state index contributed by atoms with van der Waals surface area (Å²) in [5, 5.41) is 3.56. The fraction of sp³-hybridized carbons (Fsp3) is 0.647. The van der Waals surface area contributed by atoms with E-state index in [-0.39, 0.29) is 11.9 Å². The number of rotatable bonds is 8. The molecule has 0 aliphatic heterocycles. The minimum Gasteiger partial charge on any atom is -0.307 e. The minimum atomic E-state index is -0.101. The van der Waals surface area contributed by atoms with Crippen molar-refractivity contribution in [2.45, 2.75) is 65.5 Å². The maximum Gasteiger partial charge on any atom is 0.127 e. The van der Waals surface area contributed by atoms with E-state index in [9.17, 15) is 4.39 Å². The third kappa shape index (κ3) is 5.73. The van der Waals surface area contributed by atoms with Gasteiger partial charge in [0.1, 0.15) is 5.82 Å². The first-order valence-corrected chi connectivity index (χ1v) is 7.55. The second kappa shape index (κ2) is 8.31. The van der Waals surface area contributed by atoms with Gasteiger partial charge in [-0.3, -0.25) is 0 Å². The average Bonchev–Trinajstić information content (AvgIpc) is 2.36. The number of halogens is 1. The SMILES string of the molecule is CCC(NC(C)CCCC(C)C)c1ccccc1F. The van der Waals surface area contributed by atoms with Gasteiger partial charge < -0.3 is 5.32 Å². The van der Waals surface area contributed by atoms with Crippen molar-refractivity contribution in [1.29, 1.82) is 0 Å². The Balaban J connectivity index is 2.50. The Morgan fingerprint density at radius 2 is 1.79 bits per heavy atom. The molecular formula is C17H28FN. The van der Waals surface area contributed by atoms with Crippen molar-refractivity contribution in [2.75, 3.05) is 0 Å². The van der Waals surface area contributed by atoms with Crippen molar-refractivity contribution < 1.29 is 4.39 Å². The molecule has 2 heteroatoms. The molecule has 1 aromatic carbocycles. The summed E-state index contributed by atoms with van der Waals surface area (Å²) < 4.78 is 13.8. The van der Waals surface area contributed by atoms with E-state index in [2.05, 4.69) is 33.0 Å². The van der Waals surface area contributed by atoms with Gasteiger partial charge in [0.05, 0.1) is 0 Å². The van der Waals surface area contributed by atoms with Gasteiger partial charge in [0.25, 0.3) is 0 Å². The predicted molar refractivity (Wildman–Crippen MR) is 80.7 cm³/mol. The van der Waals surface area contributed by atoms with Crippen LogP contribution in [0.4, 0.5) is 4.39 Å². The molecule has 0 aromatic heterocycles. The third-order valence-electron chi connectivity index (χ3n) is 3.59. The highest BCUT2D eigenvalue weighted by Crippen LogP contribution is 2.21. The summed E-state index contributed by atoms with van der Waals surface area (Å²) in [4.78, 5) is 0. The van der Waals surface area contributed by atoms with Crippen LogP contribution in [-0.4, -0.2) is 6.04 Å². The van der Waals surface area contributed by atoms with Crippen LogP contribution in [0, 0.1) is 11.7 Å². The predicted octanol–water partition coefficient (Wildman–Crippen LogP) is 5.08. The molecule has 0 fully saturated rings. The topological polar surface area (TPSA) is 12.0 Å². The summed E-state index contributed by atoms with van der Waals surface area (Å²) in [6, 6.07) is 7.64. The molecule has 1 aromatic rings. The van der Waals surface area contributed by atoms with Crippen LogP contribution in [0.15, 0.2) is 24.3 Å². The molecule has 1 N–H and O–H groups in total. The Hall–Kier alpha value is -0.890. The maximum atomic E-state index is 13.8. The summed E-state index contributed by atoms with van der Waals surface area (Å²) in [5.41, 5.74) is 0.792. The van der Waals surface area contributed by atoms with Crippen molar-refractivity contribution in [3.8, 4) is 0 Å². The molecule has 0 bridgehead atoms. The van der Waals surface area contributed by atoms with Gasteiger partial charge in [-0.15, -0.1) is 0 Å². The van der Waals surface area contributed by atoms with E-state index in [0.717, 1.165) is 24.3 Å². The lowest BCUT2D eigenvalue weighted by Gasteiger charge is -2.23. The van der Waals surface area contributed by atoms with E-state index in [1.54, 1.807) is 12.1 Å². The van der Waals surface area contributed by atoms with Crippen LogP contribution in [-0.2, 0) is 0 Å². The molecule has 0 aliphatic carbocycles. The molecule has 19 heavy (non-hydrogen) atoms. The summed E-state index contributed by atoms with van der Waals surface area (Å²) in [6.45, 7) is 8.81. The van der Waals surface area contributed by atoms with E-state index in [1.807, 2.05) is 12.1 Å². The van der Waals surface area contributed by atoms with Gasteiger partial charge >= 0.3 is 0 Å². The van der Waals surface area contributed by atoms with Gasteiger partial charge in [0.15, 0.2) is 0 Å². The molecular weight excluding hydrogens is 237 g/mol. The van der Waals surface area contributed by atoms with Crippen molar-refractivity contribution in [3.05, 3.63) is 35.6 Å². The molecule has 1 rings (SSSR count). The van der Waals surface area contributed by atoms with Crippen LogP contribution in [0.2, 0.25) is 0 Å². The van der Waals surface area contributed by atoms with Crippen LogP contribution >= 0.6 is 0 Å². The first kappa shape index (κ1) is 16.2. The molecule has 108 valence electrons. The van der Waals surface area contributed by atoms with Gasteiger partial charge in [-0.05, 0) is 31.7 Å². The lowest BCUT2D eigenvalue weighted by Crippen LogP contribution is -2.30. The molecule has 2 atom stereocenters. The van der Waals surface area contributed by atoms with Crippen LogP contribution in [0.25, 0.3) is 0 Å². The van der Waals surface area contributed by atoms with Crippen molar-refractivity contribution in [2.24, 2.45) is 5.92 Å². The summed E-state index contributed by atoms with van der Waals surface area (Å²) >= 11 is 0. The lowest BCUT2D eigenvalue weighted by molar-refractivity contribution is 0.395. The molecule has 1 nitrogen and oxygen atoms in total. The fourth-order valence-corrected chi connectivity index (χ4v) is 2.44. The van der Waals surface area contributed by atoms with E-state index in [0.29, 0.717) is 6.04 Å². The Kier molecular flexibility index (Phi) is 7.07. The van der Waals surface area contributed by atoms with E-state index >= 15 is 0 Å². The largest absolute Gasteiger partial charge is 0.307 e. The Bertz CT molecular complexity index is 362. The monoisotopic (exact) mass is 265 g/mol. The highest BCUT2D eigenvalue weighted by atomic mass is 19.1. The fourth-order valence-electron chi connectivity index (χ4n) is 2.44. The first-order valence-electron chi connectivity index (χ1n) is 7.55. The standard InChI is InChI=1S/C17H28FN/c1-5-17(15-11-6-7-12-16(15)18)19-14(4)10-8-9-13(2)3/h6-7,11-14,17,19H,5,8-10H2,1-4H3. The summed E-state index contributed by atoms with van der Waals surface area (Å²) in [7, 11) is 0. The highest BCUT2D eigenvalue weighted by molar-refractivity contribution is 5.21. The average molecular weight is 265 g/mol. The quantitative estimate of drug-likeness (QED) is 0.691. The third-order valence-corrected chi connectivity index (χ3v) is 3.59. The Morgan fingerprint density at radius 3 is 2.37 bits per heavy atom. The Morgan fingerprint density at radius 1 is 1.11 bits per heavy atom. The number of nitrogens with one attached hydrogen (secondary N) is 1. The minimum absolute atomic E-state index is 0.101. The van der Waals surface area contributed by atoms with E-state index in [1.165, 1.54) is 12.8 Å². The zero-order chi connectivity index (χ0) is 14.3. The first-order chi connectivity index (χ1) is 9.04. The number of hydrogen-bond acceptors (Lipinski definition) is 1. The molecule has 0 amide bonds. The van der Waals surface area contributed by atoms with E-state index < -0.39 is 0 Å². The normalized spacial score (nSPS) is 14.6. The molecule has 0 saturated heterocycles. The number of hydrogen-bond donors (Lipinski definition) is 1. The summed E-state index contributed by atoms with van der Waals surface area (Å²) in [6.07, 6.45) is 4.57. The zero-order valence-corrected chi connectivity index (χ0v) is 12.7. The molecule has 0 aliphatic rings. The van der Waals surface area contributed by atoms with Gasteiger partial charge in [-0.25, -0.2) is 4.39 Å². The molecule has 0 heterocycles. The van der Waals surface area contributed by atoms with Crippen molar-refractivity contribution in [1.82, 2.24) is 5.32 Å². The molecule has 0 spiro atoms. The number of benzene rings is 1. The smallest absolute Gasteiger partial charge is 0.127 e. The molecule has 0 radical (unpaired) electrons. The van der Waals surface area contributed by atoms with Crippen molar-refractivity contribution in [3.63, 3.8) is 0 Å². The lowest BCUT2D eigenvalue weighted by atomic mass is 10.00. The maximum absolute atomic E-state index is 13.8.